The summed E-state index contributed by atoms with van der Waals surface area (Å²) in [4.78, 5) is 16.4. The van der Waals surface area contributed by atoms with Gasteiger partial charge in [-0.1, -0.05) is 60.7 Å². The van der Waals surface area contributed by atoms with E-state index in [2.05, 4.69) is 10.3 Å². The summed E-state index contributed by atoms with van der Waals surface area (Å²) in [5, 5.41) is 12.8. The predicted octanol–water partition coefficient (Wildman–Crippen LogP) is 2.94. The molecule has 2 N–H and O–H groups in total. The number of fused-ring (bicyclic) bond motifs is 1. The van der Waals surface area contributed by atoms with Crippen molar-refractivity contribution in [3.63, 3.8) is 0 Å². The van der Waals surface area contributed by atoms with Gasteiger partial charge in [-0.25, -0.2) is 0 Å². The molecule has 0 saturated carbocycles. The van der Waals surface area contributed by atoms with Crippen molar-refractivity contribution < 1.29 is 28.8 Å². The summed E-state index contributed by atoms with van der Waals surface area (Å²) in [6, 6.07) is 21.0. The Kier molecular flexibility index (Phi) is 7.17. The number of hydrogen-bond acceptors (Lipinski definition) is 7. The first-order valence-corrected chi connectivity index (χ1v) is 11.6. The third kappa shape index (κ3) is 5.12. The monoisotopic (exact) mass is 476 g/mol. The second kappa shape index (κ2) is 10.6. The van der Waals surface area contributed by atoms with Gasteiger partial charge < -0.3 is 29.4 Å². The van der Waals surface area contributed by atoms with Crippen LogP contribution in [0.3, 0.4) is 0 Å². The lowest BCUT2D eigenvalue weighted by molar-refractivity contribution is -0.384. The summed E-state index contributed by atoms with van der Waals surface area (Å²) in [7, 11) is 1.58. The maximum absolute atomic E-state index is 12.1. The van der Waals surface area contributed by atoms with Crippen LogP contribution in [0.5, 0.6) is 0 Å². The summed E-state index contributed by atoms with van der Waals surface area (Å²) in [5.41, 5.74) is 3.00. The van der Waals surface area contributed by atoms with Crippen molar-refractivity contribution in [2.45, 2.75) is 43.4 Å². The van der Waals surface area contributed by atoms with E-state index < -0.39 is 37.0 Å². The van der Waals surface area contributed by atoms with Crippen molar-refractivity contribution >= 4 is 5.91 Å². The number of carbonyl (C=O) groups is 1. The zero-order valence-corrected chi connectivity index (χ0v) is 19.3. The van der Waals surface area contributed by atoms with Gasteiger partial charge in [-0.2, -0.15) is 0 Å². The first kappa shape index (κ1) is 23.6. The van der Waals surface area contributed by atoms with Crippen LogP contribution in [-0.4, -0.2) is 54.1 Å². The molecule has 3 heterocycles. The highest BCUT2D eigenvalue weighted by atomic mass is 16.8. The third-order valence-electron chi connectivity index (χ3n) is 6.26. The number of nitrogens with one attached hydrogen (secondary N) is 1. The Morgan fingerprint density at radius 2 is 1.43 bits per heavy atom. The topological polar surface area (TPSA) is 99.1 Å². The zero-order valence-electron chi connectivity index (χ0n) is 19.3. The van der Waals surface area contributed by atoms with E-state index >= 15 is 0 Å². The number of ether oxygens (including phenoxy) is 4. The molecule has 1 amide bonds. The van der Waals surface area contributed by atoms with Gasteiger partial charge in [0.1, 0.15) is 18.3 Å². The quantitative estimate of drug-likeness (QED) is 0.564. The first-order valence-electron chi connectivity index (χ1n) is 11.6. The molecule has 0 spiro atoms. The van der Waals surface area contributed by atoms with E-state index in [4.69, 9.17) is 18.9 Å². The van der Waals surface area contributed by atoms with E-state index in [-0.39, 0.29) is 12.5 Å². The molecule has 182 valence electrons. The van der Waals surface area contributed by atoms with Gasteiger partial charge in [0.05, 0.1) is 18.3 Å². The van der Waals surface area contributed by atoms with Gasteiger partial charge in [-0.3, -0.25) is 9.78 Å². The summed E-state index contributed by atoms with van der Waals surface area (Å²) in [6.45, 7) is -0.226. The van der Waals surface area contributed by atoms with Gasteiger partial charge in [0, 0.05) is 37.0 Å². The molecule has 2 aromatic carbocycles. The Labute approximate surface area is 203 Å². The fourth-order valence-electron chi connectivity index (χ4n) is 4.52. The molecule has 2 aliphatic rings. The second-order valence-corrected chi connectivity index (χ2v) is 8.58. The largest absolute Gasteiger partial charge is 0.394 e. The molecule has 2 saturated heterocycles. The molecule has 0 aliphatic carbocycles. The van der Waals surface area contributed by atoms with Crippen LogP contribution in [0.15, 0.2) is 79.1 Å². The van der Waals surface area contributed by atoms with Crippen molar-refractivity contribution in [1.29, 1.82) is 0 Å². The lowest BCUT2D eigenvalue weighted by Gasteiger charge is -2.49. The molecule has 0 bridgehead atoms. The van der Waals surface area contributed by atoms with Crippen LogP contribution in [0.25, 0.3) is 0 Å². The molecule has 3 aromatic rings. The Hall–Kier alpha value is -3.14. The second-order valence-electron chi connectivity index (χ2n) is 8.58. The smallest absolute Gasteiger partial charge is 0.252 e. The van der Waals surface area contributed by atoms with Crippen molar-refractivity contribution in [3.8, 4) is 0 Å². The number of pyridine rings is 1. The minimum absolute atomic E-state index is 0.209. The number of aliphatic hydroxyl groups excluding tert-OH is 1. The standard InChI is InChI=1S/C27H28N2O6/c1-28-25(31)20-12-17(14-29-15-20)13-21-23-24(35-26(32-21)18-8-4-2-5-9-18)22(16-30)33-27(34-23)19-10-6-3-7-11-19/h2-12,14-15,21-24,26-27,30H,13,16H2,1H3,(H,28,31). The number of amides is 1. The lowest BCUT2D eigenvalue weighted by Crippen LogP contribution is -2.59. The van der Waals surface area contributed by atoms with Gasteiger partial charge >= 0.3 is 0 Å². The van der Waals surface area contributed by atoms with Crippen LogP contribution in [0.1, 0.15) is 39.6 Å². The van der Waals surface area contributed by atoms with Crippen LogP contribution >= 0.6 is 0 Å². The van der Waals surface area contributed by atoms with E-state index in [1.54, 1.807) is 19.3 Å². The van der Waals surface area contributed by atoms with Crippen LogP contribution in [-0.2, 0) is 25.4 Å². The maximum atomic E-state index is 12.1. The van der Waals surface area contributed by atoms with Crippen molar-refractivity contribution in [2.24, 2.45) is 0 Å². The molecule has 6 atom stereocenters. The molecular weight excluding hydrogens is 448 g/mol. The van der Waals surface area contributed by atoms with E-state index in [1.165, 1.54) is 6.20 Å². The first-order chi connectivity index (χ1) is 17.2. The summed E-state index contributed by atoms with van der Waals surface area (Å²) >= 11 is 0. The van der Waals surface area contributed by atoms with E-state index in [9.17, 15) is 9.90 Å². The number of rotatable bonds is 6. The van der Waals surface area contributed by atoms with Crippen LogP contribution in [0.4, 0.5) is 0 Å². The normalized spacial score (nSPS) is 28.2. The fraction of sp³-hybridized carbons (Fsp3) is 0.333. The van der Waals surface area contributed by atoms with E-state index in [0.717, 1.165) is 16.7 Å². The Morgan fingerprint density at radius 3 is 2.00 bits per heavy atom. The number of benzene rings is 2. The van der Waals surface area contributed by atoms with Gasteiger partial charge in [0.15, 0.2) is 12.6 Å². The van der Waals surface area contributed by atoms with Gasteiger partial charge in [0.25, 0.3) is 5.91 Å². The van der Waals surface area contributed by atoms with Crippen LogP contribution in [0, 0.1) is 0 Å². The minimum atomic E-state index is -0.673. The summed E-state index contributed by atoms with van der Waals surface area (Å²) in [5.74, 6) is -0.209. The predicted molar refractivity (Wildman–Crippen MR) is 126 cm³/mol. The number of hydrogen-bond donors (Lipinski definition) is 2. The number of aromatic nitrogens is 1. The molecule has 35 heavy (non-hydrogen) atoms. The SMILES string of the molecule is CNC(=O)c1cncc(CC2OC(c3ccccc3)OC3C(CO)OC(c4ccccc4)OC23)c1. The summed E-state index contributed by atoms with van der Waals surface area (Å²) in [6.07, 6.45) is 0.229. The molecule has 0 radical (unpaired) electrons. The molecule has 5 rings (SSSR count). The molecule has 2 aliphatic heterocycles. The number of aliphatic hydroxyl groups is 1. The van der Waals surface area contributed by atoms with Gasteiger partial charge in [-0.05, 0) is 11.6 Å². The van der Waals surface area contributed by atoms with E-state index in [0.29, 0.717) is 12.0 Å². The minimum Gasteiger partial charge on any atom is -0.394 e. The molecule has 1 aromatic heterocycles. The third-order valence-corrected chi connectivity index (χ3v) is 6.26. The summed E-state index contributed by atoms with van der Waals surface area (Å²) < 4.78 is 25.3. The zero-order chi connectivity index (χ0) is 24.2. The highest BCUT2D eigenvalue weighted by Crippen LogP contribution is 2.41. The van der Waals surface area contributed by atoms with E-state index in [1.807, 2.05) is 60.7 Å². The van der Waals surface area contributed by atoms with Gasteiger partial charge in [-0.15, -0.1) is 0 Å². The highest BCUT2D eigenvalue weighted by molar-refractivity contribution is 5.93. The molecule has 6 unspecified atom stereocenters. The Balaban J connectivity index is 1.47. The Bertz CT molecular complexity index is 1130. The lowest BCUT2D eigenvalue weighted by atomic mass is 9.94. The number of carbonyl (C=O) groups excluding carboxylic acids is 1. The van der Waals surface area contributed by atoms with Crippen LogP contribution in [0.2, 0.25) is 0 Å². The number of nitrogens with zero attached hydrogens (tertiary/aromatic N) is 1. The average Bonchev–Trinajstić information content (AvgIpc) is 2.93. The van der Waals surface area contributed by atoms with Gasteiger partial charge in [0.2, 0.25) is 0 Å². The highest BCUT2D eigenvalue weighted by Gasteiger charge is 2.50. The Morgan fingerprint density at radius 1 is 0.857 bits per heavy atom. The average molecular weight is 477 g/mol. The molecular formula is C27H28N2O6. The van der Waals surface area contributed by atoms with Crippen molar-refractivity contribution in [2.75, 3.05) is 13.7 Å². The van der Waals surface area contributed by atoms with Crippen molar-refractivity contribution in [3.05, 3.63) is 101 Å². The van der Waals surface area contributed by atoms with Crippen LogP contribution < -0.4 is 5.32 Å². The van der Waals surface area contributed by atoms with Crippen molar-refractivity contribution in [1.82, 2.24) is 10.3 Å². The fourth-order valence-corrected chi connectivity index (χ4v) is 4.52. The molecule has 8 nitrogen and oxygen atoms in total. The molecule has 2 fully saturated rings. The molecule has 8 heteroatoms. The maximum Gasteiger partial charge on any atom is 0.252 e.